The SMILES string of the molecule is NC1CCCC1C(=O)Nc1ccc(OCC(=O)O)cc1. The first-order valence-corrected chi connectivity index (χ1v) is 6.57. The minimum absolute atomic E-state index is 0.0609. The number of carbonyl (C=O) groups excluding carboxylic acids is 1. The zero-order valence-corrected chi connectivity index (χ0v) is 11.0. The summed E-state index contributed by atoms with van der Waals surface area (Å²) in [5.41, 5.74) is 6.54. The Balaban J connectivity index is 1.90. The van der Waals surface area contributed by atoms with Crippen LogP contribution in [0.15, 0.2) is 24.3 Å². The van der Waals surface area contributed by atoms with Crippen LogP contribution in [0.25, 0.3) is 0 Å². The van der Waals surface area contributed by atoms with Crippen LogP contribution in [-0.2, 0) is 9.59 Å². The van der Waals surface area contributed by atoms with E-state index in [2.05, 4.69) is 5.32 Å². The van der Waals surface area contributed by atoms with Gasteiger partial charge in [-0.2, -0.15) is 0 Å². The van der Waals surface area contributed by atoms with Crippen molar-refractivity contribution in [3.8, 4) is 5.75 Å². The van der Waals surface area contributed by atoms with Gasteiger partial charge in [0.2, 0.25) is 5.91 Å². The van der Waals surface area contributed by atoms with Crippen LogP contribution in [0.1, 0.15) is 19.3 Å². The highest BCUT2D eigenvalue weighted by Gasteiger charge is 2.30. The van der Waals surface area contributed by atoms with Crippen LogP contribution < -0.4 is 15.8 Å². The van der Waals surface area contributed by atoms with Crippen LogP contribution in [0.2, 0.25) is 0 Å². The van der Waals surface area contributed by atoms with Gasteiger partial charge in [-0.25, -0.2) is 4.79 Å². The normalized spacial score (nSPS) is 21.4. The number of hydrogen-bond acceptors (Lipinski definition) is 4. The van der Waals surface area contributed by atoms with Crippen molar-refractivity contribution in [1.82, 2.24) is 0 Å². The van der Waals surface area contributed by atoms with Crippen LogP contribution in [0.3, 0.4) is 0 Å². The van der Waals surface area contributed by atoms with Gasteiger partial charge in [0.1, 0.15) is 5.75 Å². The quantitative estimate of drug-likeness (QED) is 0.751. The zero-order chi connectivity index (χ0) is 14.5. The smallest absolute Gasteiger partial charge is 0.341 e. The van der Waals surface area contributed by atoms with E-state index in [1.165, 1.54) is 0 Å². The minimum Gasteiger partial charge on any atom is -0.482 e. The fraction of sp³-hybridized carbons (Fsp3) is 0.429. The first-order chi connectivity index (χ1) is 9.56. The minimum atomic E-state index is -1.03. The third-order valence-electron chi connectivity index (χ3n) is 3.39. The Bertz CT molecular complexity index is 486. The molecule has 4 N–H and O–H groups in total. The number of carboxylic acid groups (broad SMARTS) is 1. The Morgan fingerprint density at radius 2 is 2.00 bits per heavy atom. The predicted molar refractivity (Wildman–Crippen MR) is 73.5 cm³/mol. The molecule has 0 saturated heterocycles. The summed E-state index contributed by atoms with van der Waals surface area (Å²) in [5.74, 6) is -0.771. The second-order valence-corrected chi connectivity index (χ2v) is 4.90. The molecule has 1 saturated carbocycles. The molecule has 108 valence electrons. The fourth-order valence-corrected chi connectivity index (χ4v) is 2.33. The lowest BCUT2D eigenvalue weighted by atomic mass is 10.0. The van der Waals surface area contributed by atoms with Crippen LogP contribution in [0.4, 0.5) is 5.69 Å². The lowest BCUT2D eigenvalue weighted by Crippen LogP contribution is -2.34. The van der Waals surface area contributed by atoms with Crippen LogP contribution in [0, 0.1) is 5.92 Å². The molecule has 2 unspecified atom stereocenters. The van der Waals surface area contributed by atoms with E-state index in [9.17, 15) is 9.59 Å². The monoisotopic (exact) mass is 278 g/mol. The summed E-state index contributed by atoms with van der Waals surface area (Å²) < 4.78 is 5.01. The Labute approximate surface area is 116 Å². The molecule has 6 nitrogen and oxygen atoms in total. The first-order valence-electron chi connectivity index (χ1n) is 6.57. The molecule has 2 atom stereocenters. The molecular formula is C14H18N2O4. The second-order valence-electron chi connectivity index (χ2n) is 4.90. The van der Waals surface area contributed by atoms with E-state index < -0.39 is 5.97 Å². The number of ether oxygens (including phenoxy) is 1. The number of anilines is 1. The molecule has 0 aromatic heterocycles. The number of aliphatic carboxylic acids is 1. The molecule has 0 radical (unpaired) electrons. The average Bonchev–Trinajstić information content (AvgIpc) is 2.84. The Kier molecular flexibility index (Phi) is 4.57. The maximum atomic E-state index is 12.0. The molecular weight excluding hydrogens is 260 g/mol. The van der Waals surface area contributed by atoms with Gasteiger partial charge in [-0.3, -0.25) is 4.79 Å². The third-order valence-corrected chi connectivity index (χ3v) is 3.39. The summed E-state index contributed by atoms with van der Waals surface area (Å²) in [4.78, 5) is 22.4. The summed E-state index contributed by atoms with van der Waals surface area (Å²) in [6.07, 6.45) is 2.70. The molecule has 1 amide bonds. The summed E-state index contributed by atoms with van der Waals surface area (Å²) in [7, 11) is 0. The molecule has 0 heterocycles. The van der Waals surface area contributed by atoms with Gasteiger partial charge in [-0.1, -0.05) is 6.42 Å². The van der Waals surface area contributed by atoms with E-state index >= 15 is 0 Å². The van der Waals surface area contributed by atoms with Crippen molar-refractivity contribution in [1.29, 1.82) is 0 Å². The number of carbonyl (C=O) groups is 2. The Morgan fingerprint density at radius 3 is 2.55 bits per heavy atom. The molecule has 2 rings (SSSR count). The van der Waals surface area contributed by atoms with Gasteiger partial charge in [0.25, 0.3) is 0 Å². The summed E-state index contributed by atoms with van der Waals surface area (Å²) >= 11 is 0. The maximum Gasteiger partial charge on any atom is 0.341 e. The highest BCUT2D eigenvalue weighted by Crippen LogP contribution is 2.25. The molecule has 1 aliphatic rings. The number of hydrogen-bond donors (Lipinski definition) is 3. The lowest BCUT2D eigenvalue weighted by molar-refractivity contribution is -0.139. The Hall–Kier alpha value is -2.08. The van der Waals surface area contributed by atoms with E-state index in [4.69, 9.17) is 15.6 Å². The van der Waals surface area contributed by atoms with Gasteiger partial charge in [-0.15, -0.1) is 0 Å². The third kappa shape index (κ3) is 3.71. The van der Waals surface area contributed by atoms with Crippen molar-refractivity contribution in [2.75, 3.05) is 11.9 Å². The topological polar surface area (TPSA) is 102 Å². The standard InChI is InChI=1S/C14H18N2O4/c15-12-3-1-2-11(12)14(19)16-9-4-6-10(7-5-9)20-8-13(17)18/h4-7,11-12H,1-3,8,15H2,(H,16,19)(H,17,18). The van der Waals surface area contributed by atoms with E-state index in [0.717, 1.165) is 19.3 Å². The van der Waals surface area contributed by atoms with E-state index in [1.807, 2.05) is 0 Å². The van der Waals surface area contributed by atoms with E-state index in [1.54, 1.807) is 24.3 Å². The van der Waals surface area contributed by atoms with Crippen LogP contribution in [0.5, 0.6) is 5.75 Å². The lowest BCUT2D eigenvalue weighted by Gasteiger charge is -2.15. The first kappa shape index (κ1) is 14.3. The van der Waals surface area contributed by atoms with Gasteiger partial charge in [0, 0.05) is 11.7 Å². The molecule has 0 spiro atoms. The van der Waals surface area contributed by atoms with Gasteiger partial charge in [-0.05, 0) is 37.1 Å². The van der Waals surface area contributed by atoms with Crippen LogP contribution >= 0.6 is 0 Å². The number of nitrogens with one attached hydrogen (secondary N) is 1. The fourth-order valence-electron chi connectivity index (χ4n) is 2.33. The van der Waals surface area contributed by atoms with Gasteiger partial charge in [0.15, 0.2) is 6.61 Å². The number of carboxylic acids is 1. The van der Waals surface area contributed by atoms with Crippen LogP contribution in [-0.4, -0.2) is 29.6 Å². The Morgan fingerprint density at radius 1 is 1.30 bits per heavy atom. The second kappa shape index (κ2) is 6.38. The number of nitrogens with two attached hydrogens (primary N) is 1. The molecule has 0 aliphatic heterocycles. The van der Waals surface area contributed by atoms with Gasteiger partial charge in [0.05, 0.1) is 5.92 Å². The van der Waals surface area contributed by atoms with E-state index in [0.29, 0.717) is 11.4 Å². The summed E-state index contributed by atoms with van der Waals surface area (Å²) in [5, 5.41) is 11.3. The molecule has 1 aliphatic carbocycles. The predicted octanol–water partition coefficient (Wildman–Crippen LogP) is 1.22. The maximum absolute atomic E-state index is 12.0. The van der Waals surface area contributed by atoms with Crippen molar-refractivity contribution in [3.63, 3.8) is 0 Å². The van der Waals surface area contributed by atoms with Gasteiger partial charge >= 0.3 is 5.97 Å². The number of rotatable bonds is 5. The summed E-state index contributed by atoms with van der Waals surface area (Å²) in [6, 6.07) is 6.53. The van der Waals surface area contributed by atoms with Crippen molar-refractivity contribution in [2.45, 2.75) is 25.3 Å². The van der Waals surface area contributed by atoms with Crippen molar-refractivity contribution >= 4 is 17.6 Å². The number of benzene rings is 1. The van der Waals surface area contributed by atoms with Crippen molar-refractivity contribution in [2.24, 2.45) is 11.7 Å². The summed E-state index contributed by atoms with van der Waals surface area (Å²) in [6.45, 7) is -0.386. The average molecular weight is 278 g/mol. The zero-order valence-electron chi connectivity index (χ0n) is 11.0. The largest absolute Gasteiger partial charge is 0.482 e. The molecule has 0 bridgehead atoms. The number of amides is 1. The molecule has 1 aromatic rings. The highest BCUT2D eigenvalue weighted by atomic mass is 16.5. The van der Waals surface area contributed by atoms with Gasteiger partial charge < -0.3 is 20.9 Å². The van der Waals surface area contributed by atoms with Crippen molar-refractivity contribution < 1.29 is 19.4 Å². The molecule has 6 heteroatoms. The van der Waals surface area contributed by atoms with E-state index in [-0.39, 0.29) is 24.5 Å². The van der Waals surface area contributed by atoms with Crippen molar-refractivity contribution in [3.05, 3.63) is 24.3 Å². The molecule has 1 fully saturated rings. The molecule has 1 aromatic carbocycles. The molecule has 20 heavy (non-hydrogen) atoms. The highest BCUT2D eigenvalue weighted by molar-refractivity contribution is 5.93.